The van der Waals surface area contributed by atoms with Gasteiger partial charge in [-0.1, -0.05) is 5.92 Å². The van der Waals surface area contributed by atoms with Crippen LogP contribution in [-0.4, -0.2) is 18.1 Å². The Hall–Kier alpha value is -1.49. The van der Waals surface area contributed by atoms with Crippen LogP contribution in [0.15, 0.2) is 18.3 Å². The molecule has 0 saturated heterocycles. The molecule has 0 unspecified atom stereocenters. The van der Waals surface area contributed by atoms with E-state index in [0.717, 1.165) is 24.5 Å². The highest BCUT2D eigenvalue weighted by molar-refractivity contribution is 5.45. The number of rotatable bonds is 3. The van der Waals surface area contributed by atoms with Crippen LogP contribution in [-0.2, 0) is 0 Å². The Kier molecular flexibility index (Phi) is 3.33. The van der Waals surface area contributed by atoms with Crippen LogP contribution in [0.2, 0.25) is 0 Å². The second-order valence-corrected chi connectivity index (χ2v) is 2.72. The number of hydrogen-bond acceptors (Lipinski definition) is 2. The lowest BCUT2D eigenvalue weighted by Crippen LogP contribution is -2.22. The summed E-state index contributed by atoms with van der Waals surface area (Å²) in [6.07, 6.45) is 7.06. The Morgan fingerprint density at radius 3 is 2.69 bits per heavy atom. The van der Waals surface area contributed by atoms with E-state index in [1.165, 1.54) is 0 Å². The number of nitrogens with zero attached hydrogens (tertiary/aromatic N) is 2. The molecule has 0 aliphatic rings. The maximum atomic E-state index is 5.31. The maximum Gasteiger partial charge on any atom is 0.129 e. The van der Waals surface area contributed by atoms with Gasteiger partial charge >= 0.3 is 0 Å². The van der Waals surface area contributed by atoms with Crippen molar-refractivity contribution in [3.05, 3.63) is 23.9 Å². The molecule has 1 heterocycles. The lowest BCUT2D eigenvalue weighted by atomic mass is 10.2. The van der Waals surface area contributed by atoms with E-state index in [4.69, 9.17) is 6.42 Å². The molecule has 0 fully saturated rings. The molecule has 0 saturated carbocycles. The van der Waals surface area contributed by atoms with E-state index in [1.807, 2.05) is 12.1 Å². The van der Waals surface area contributed by atoms with Crippen LogP contribution in [0.4, 0.5) is 5.82 Å². The molecule has 0 radical (unpaired) electrons. The standard InChI is InChI=1S/C11H14N2/c1-4-10-7-8-12-11(9-10)13(5-2)6-3/h1,7-9H,5-6H2,2-3H3. The summed E-state index contributed by atoms with van der Waals surface area (Å²) in [5.41, 5.74) is 0.886. The minimum absolute atomic E-state index is 0.886. The molecule has 1 aromatic heterocycles. The summed E-state index contributed by atoms with van der Waals surface area (Å²) in [6.45, 7) is 6.12. The van der Waals surface area contributed by atoms with E-state index >= 15 is 0 Å². The molecule has 0 amide bonds. The van der Waals surface area contributed by atoms with Crippen molar-refractivity contribution in [2.24, 2.45) is 0 Å². The lowest BCUT2D eigenvalue weighted by Gasteiger charge is -2.19. The second kappa shape index (κ2) is 4.51. The monoisotopic (exact) mass is 174 g/mol. The van der Waals surface area contributed by atoms with Gasteiger partial charge in [-0.05, 0) is 26.0 Å². The number of anilines is 1. The van der Waals surface area contributed by atoms with Crippen molar-refractivity contribution in [3.8, 4) is 12.3 Å². The summed E-state index contributed by atoms with van der Waals surface area (Å²) < 4.78 is 0. The van der Waals surface area contributed by atoms with Gasteiger partial charge in [-0.25, -0.2) is 4.98 Å². The zero-order chi connectivity index (χ0) is 9.68. The smallest absolute Gasteiger partial charge is 0.129 e. The molecular weight excluding hydrogens is 160 g/mol. The van der Waals surface area contributed by atoms with Crippen molar-refractivity contribution < 1.29 is 0 Å². The first kappa shape index (κ1) is 9.60. The van der Waals surface area contributed by atoms with E-state index in [0.29, 0.717) is 0 Å². The molecule has 13 heavy (non-hydrogen) atoms. The summed E-state index contributed by atoms with van der Waals surface area (Å²) in [7, 11) is 0. The highest BCUT2D eigenvalue weighted by atomic mass is 15.2. The predicted molar refractivity (Wildman–Crippen MR) is 55.7 cm³/mol. The second-order valence-electron chi connectivity index (χ2n) is 2.72. The van der Waals surface area contributed by atoms with Crippen molar-refractivity contribution >= 4 is 5.82 Å². The highest BCUT2D eigenvalue weighted by Gasteiger charge is 2.02. The Balaban J connectivity index is 2.94. The molecular formula is C11H14N2. The van der Waals surface area contributed by atoms with Crippen LogP contribution >= 0.6 is 0 Å². The molecule has 2 heteroatoms. The third-order valence-corrected chi connectivity index (χ3v) is 2.00. The zero-order valence-corrected chi connectivity index (χ0v) is 8.12. The van der Waals surface area contributed by atoms with E-state index < -0.39 is 0 Å². The van der Waals surface area contributed by atoms with Gasteiger partial charge in [0.2, 0.25) is 0 Å². The number of terminal acetylenes is 1. The summed E-state index contributed by atoms with van der Waals surface area (Å²) in [6, 6.07) is 3.78. The van der Waals surface area contributed by atoms with Crippen molar-refractivity contribution in [2.75, 3.05) is 18.0 Å². The predicted octanol–water partition coefficient (Wildman–Crippen LogP) is 1.91. The van der Waals surface area contributed by atoms with Crippen LogP contribution in [0, 0.1) is 12.3 Å². The Labute approximate surface area is 79.6 Å². The first-order valence-electron chi connectivity index (χ1n) is 4.49. The Morgan fingerprint density at radius 2 is 2.15 bits per heavy atom. The Bertz CT molecular complexity index is 308. The fourth-order valence-electron chi connectivity index (χ4n) is 1.23. The molecule has 68 valence electrons. The molecule has 1 aromatic rings. The van der Waals surface area contributed by atoms with Gasteiger partial charge in [0.25, 0.3) is 0 Å². The Morgan fingerprint density at radius 1 is 1.46 bits per heavy atom. The molecule has 0 bridgehead atoms. The largest absolute Gasteiger partial charge is 0.357 e. The third kappa shape index (κ3) is 2.22. The van der Waals surface area contributed by atoms with Crippen LogP contribution in [0.5, 0.6) is 0 Å². The molecule has 0 aliphatic carbocycles. The average Bonchev–Trinajstić information content (AvgIpc) is 2.20. The molecule has 0 aliphatic heterocycles. The SMILES string of the molecule is C#Cc1ccnc(N(CC)CC)c1. The van der Waals surface area contributed by atoms with Crippen molar-refractivity contribution in [1.82, 2.24) is 4.98 Å². The van der Waals surface area contributed by atoms with Crippen LogP contribution in [0.3, 0.4) is 0 Å². The fraction of sp³-hybridized carbons (Fsp3) is 0.364. The van der Waals surface area contributed by atoms with Crippen LogP contribution in [0.25, 0.3) is 0 Å². The van der Waals surface area contributed by atoms with Gasteiger partial charge in [-0.3, -0.25) is 0 Å². The number of pyridine rings is 1. The van der Waals surface area contributed by atoms with Gasteiger partial charge in [0, 0.05) is 24.8 Å². The maximum absolute atomic E-state index is 5.31. The molecule has 0 spiro atoms. The summed E-state index contributed by atoms with van der Waals surface area (Å²) in [4.78, 5) is 6.43. The fourth-order valence-corrected chi connectivity index (χ4v) is 1.23. The van der Waals surface area contributed by atoms with Crippen molar-refractivity contribution in [3.63, 3.8) is 0 Å². The van der Waals surface area contributed by atoms with E-state index in [-0.39, 0.29) is 0 Å². The van der Waals surface area contributed by atoms with E-state index in [1.54, 1.807) is 6.20 Å². The highest BCUT2D eigenvalue weighted by Crippen LogP contribution is 2.10. The number of hydrogen-bond donors (Lipinski definition) is 0. The topological polar surface area (TPSA) is 16.1 Å². The van der Waals surface area contributed by atoms with E-state index in [9.17, 15) is 0 Å². The summed E-state index contributed by atoms with van der Waals surface area (Å²) in [5.74, 6) is 3.56. The van der Waals surface area contributed by atoms with Crippen LogP contribution in [0.1, 0.15) is 19.4 Å². The van der Waals surface area contributed by atoms with Gasteiger partial charge in [0.05, 0.1) is 0 Å². The third-order valence-electron chi connectivity index (χ3n) is 2.00. The molecule has 2 nitrogen and oxygen atoms in total. The van der Waals surface area contributed by atoms with Gasteiger partial charge in [-0.2, -0.15) is 0 Å². The molecule has 0 atom stereocenters. The first-order chi connectivity index (χ1) is 6.31. The zero-order valence-electron chi connectivity index (χ0n) is 8.12. The summed E-state index contributed by atoms with van der Waals surface area (Å²) >= 11 is 0. The normalized spacial score (nSPS) is 9.31. The van der Waals surface area contributed by atoms with Crippen LogP contribution < -0.4 is 4.90 Å². The lowest BCUT2D eigenvalue weighted by molar-refractivity contribution is 0.846. The van der Waals surface area contributed by atoms with Crippen molar-refractivity contribution in [2.45, 2.75) is 13.8 Å². The van der Waals surface area contributed by atoms with Gasteiger partial charge in [0.1, 0.15) is 5.82 Å². The van der Waals surface area contributed by atoms with Crippen molar-refractivity contribution in [1.29, 1.82) is 0 Å². The molecule has 1 rings (SSSR count). The minimum Gasteiger partial charge on any atom is -0.357 e. The van der Waals surface area contributed by atoms with E-state index in [2.05, 4.69) is 29.7 Å². The van der Waals surface area contributed by atoms with Gasteiger partial charge in [-0.15, -0.1) is 6.42 Å². The first-order valence-corrected chi connectivity index (χ1v) is 4.49. The average molecular weight is 174 g/mol. The van der Waals surface area contributed by atoms with Gasteiger partial charge < -0.3 is 4.90 Å². The summed E-state index contributed by atoms with van der Waals surface area (Å²) in [5, 5.41) is 0. The van der Waals surface area contributed by atoms with Gasteiger partial charge in [0.15, 0.2) is 0 Å². The number of aromatic nitrogens is 1. The quantitative estimate of drug-likeness (QED) is 0.651. The minimum atomic E-state index is 0.886. The molecule has 0 N–H and O–H groups in total. The molecule has 0 aromatic carbocycles.